The first-order valence-electron chi connectivity index (χ1n) is 12.5. The molecule has 1 aliphatic heterocycles. The van der Waals surface area contributed by atoms with Gasteiger partial charge in [-0.3, -0.25) is 9.59 Å². The summed E-state index contributed by atoms with van der Waals surface area (Å²) >= 11 is 6.15. The molecule has 0 spiro atoms. The summed E-state index contributed by atoms with van der Waals surface area (Å²) in [6, 6.07) is 15.0. The number of halogens is 1. The van der Waals surface area contributed by atoms with Gasteiger partial charge in [0.15, 0.2) is 0 Å². The number of fused-ring (bicyclic) bond motifs is 1. The molecule has 2 amide bonds. The highest BCUT2D eigenvalue weighted by Gasteiger charge is 2.26. The Balaban J connectivity index is 1.64. The number of carbonyl (C=O) groups excluding carboxylic acids is 2. The summed E-state index contributed by atoms with van der Waals surface area (Å²) in [7, 11) is 0. The van der Waals surface area contributed by atoms with Gasteiger partial charge in [0.25, 0.3) is 11.8 Å². The Morgan fingerprint density at radius 2 is 1.78 bits per heavy atom. The van der Waals surface area contributed by atoms with Crippen LogP contribution in [-0.2, 0) is 4.79 Å². The van der Waals surface area contributed by atoms with E-state index in [1.165, 1.54) is 0 Å². The molecule has 0 fully saturated rings. The number of unbranched alkanes of at least 4 members (excludes halogenated alkanes) is 1. The molecule has 0 saturated carbocycles. The average Bonchev–Trinajstić information content (AvgIpc) is 3.37. The molecule has 2 aromatic carbocycles. The summed E-state index contributed by atoms with van der Waals surface area (Å²) in [5.41, 5.74) is 5.85. The summed E-state index contributed by atoms with van der Waals surface area (Å²) < 4.78 is 0. The summed E-state index contributed by atoms with van der Waals surface area (Å²) in [4.78, 5) is 31.9. The summed E-state index contributed by atoms with van der Waals surface area (Å²) in [5, 5.41) is 6.63. The quantitative estimate of drug-likeness (QED) is 0.234. The molecule has 36 heavy (non-hydrogen) atoms. The van der Waals surface area contributed by atoms with Crippen LogP contribution in [0.4, 0.5) is 5.69 Å². The predicted octanol–water partition coefficient (Wildman–Crippen LogP) is 5.99. The zero-order valence-corrected chi connectivity index (χ0v) is 21.8. The van der Waals surface area contributed by atoms with Gasteiger partial charge in [-0.2, -0.15) is 0 Å². The molecule has 3 N–H and O–H groups in total. The van der Waals surface area contributed by atoms with Gasteiger partial charge in [0, 0.05) is 39.8 Å². The normalized spacial score (nSPS) is 13.8. The van der Waals surface area contributed by atoms with Crippen LogP contribution in [-0.4, -0.2) is 47.9 Å². The average molecular weight is 505 g/mol. The molecular weight excluding hydrogens is 472 g/mol. The minimum Gasteiger partial charge on any atom is -0.358 e. The molecule has 0 radical (unpaired) electrons. The number of nitrogens with zero attached hydrogens (tertiary/aromatic N) is 1. The van der Waals surface area contributed by atoms with E-state index in [9.17, 15) is 9.59 Å². The maximum Gasteiger partial charge on any atom is 0.256 e. The van der Waals surface area contributed by atoms with Gasteiger partial charge in [0.05, 0.1) is 11.1 Å². The second-order valence-electron chi connectivity index (χ2n) is 8.97. The van der Waals surface area contributed by atoms with Crippen molar-refractivity contribution in [3.63, 3.8) is 0 Å². The molecule has 3 aromatic rings. The molecule has 0 unspecified atom stereocenters. The molecule has 188 valence electrons. The number of hydrogen-bond donors (Lipinski definition) is 3. The topological polar surface area (TPSA) is 77.2 Å². The molecule has 2 heterocycles. The fourth-order valence-electron chi connectivity index (χ4n) is 4.67. The molecule has 7 heteroatoms. The number of anilines is 1. The van der Waals surface area contributed by atoms with Crippen molar-refractivity contribution in [3.8, 4) is 11.1 Å². The van der Waals surface area contributed by atoms with Crippen LogP contribution in [0.25, 0.3) is 22.8 Å². The van der Waals surface area contributed by atoms with E-state index in [1.54, 1.807) is 0 Å². The first-order chi connectivity index (χ1) is 17.4. The number of rotatable bonds is 10. The summed E-state index contributed by atoms with van der Waals surface area (Å²) in [6.07, 6.45) is 3.78. The first-order valence-corrected chi connectivity index (χ1v) is 12.9. The Bertz CT molecular complexity index is 1270. The lowest BCUT2D eigenvalue weighted by Gasteiger charge is -2.17. The third-order valence-electron chi connectivity index (χ3n) is 6.66. The van der Waals surface area contributed by atoms with E-state index in [-0.39, 0.29) is 11.8 Å². The van der Waals surface area contributed by atoms with Gasteiger partial charge < -0.3 is 20.5 Å². The fraction of sp³-hybridized carbons (Fsp3) is 0.310. The lowest BCUT2D eigenvalue weighted by atomic mass is 9.97. The van der Waals surface area contributed by atoms with E-state index >= 15 is 0 Å². The molecule has 0 aliphatic carbocycles. The van der Waals surface area contributed by atoms with Gasteiger partial charge in [0.1, 0.15) is 0 Å². The number of H-pyrrole nitrogens is 1. The van der Waals surface area contributed by atoms with E-state index in [0.29, 0.717) is 28.4 Å². The number of aromatic nitrogens is 1. The van der Waals surface area contributed by atoms with Gasteiger partial charge >= 0.3 is 0 Å². The zero-order valence-electron chi connectivity index (χ0n) is 21.1. The number of hydrogen-bond acceptors (Lipinski definition) is 3. The molecule has 6 nitrogen and oxygen atoms in total. The fourth-order valence-corrected chi connectivity index (χ4v) is 4.80. The SMILES string of the molecule is CCN(CC)CCCCNC(=O)c1c(C)[nH]c(/C=C2\C(=O)Nc3ccccc32)c1-c1ccc(Cl)cc1. The first kappa shape index (κ1) is 25.7. The summed E-state index contributed by atoms with van der Waals surface area (Å²) in [6.45, 7) is 9.94. The second kappa shape index (κ2) is 11.6. The highest BCUT2D eigenvalue weighted by atomic mass is 35.5. The maximum atomic E-state index is 13.4. The molecule has 4 rings (SSSR count). The number of para-hydroxylation sites is 1. The smallest absolute Gasteiger partial charge is 0.256 e. The van der Waals surface area contributed by atoms with Crippen molar-refractivity contribution in [1.29, 1.82) is 0 Å². The van der Waals surface area contributed by atoms with Crippen molar-refractivity contribution in [1.82, 2.24) is 15.2 Å². The van der Waals surface area contributed by atoms with Gasteiger partial charge in [-0.1, -0.05) is 55.8 Å². The third-order valence-corrected chi connectivity index (χ3v) is 6.91. The zero-order chi connectivity index (χ0) is 25.7. The molecule has 0 atom stereocenters. The van der Waals surface area contributed by atoms with E-state index in [4.69, 9.17) is 11.6 Å². The van der Waals surface area contributed by atoms with E-state index in [1.807, 2.05) is 61.5 Å². The summed E-state index contributed by atoms with van der Waals surface area (Å²) in [5.74, 6) is -0.290. The number of aromatic amines is 1. The van der Waals surface area contributed by atoms with Crippen molar-refractivity contribution >= 4 is 40.8 Å². The second-order valence-corrected chi connectivity index (χ2v) is 9.40. The Kier molecular flexibility index (Phi) is 8.28. The van der Waals surface area contributed by atoms with E-state index in [2.05, 4.69) is 34.4 Å². The predicted molar refractivity (Wildman–Crippen MR) is 148 cm³/mol. The lowest BCUT2D eigenvalue weighted by molar-refractivity contribution is -0.110. The Labute approximate surface area is 217 Å². The Morgan fingerprint density at radius 3 is 2.50 bits per heavy atom. The molecule has 1 aliphatic rings. The number of aryl methyl sites for hydroxylation is 1. The van der Waals surface area contributed by atoms with Crippen molar-refractivity contribution in [2.45, 2.75) is 33.6 Å². The van der Waals surface area contributed by atoms with Gasteiger partial charge in [-0.15, -0.1) is 0 Å². The van der Waals surface area contributed by atoms with Gasteiger partial charge in [-0.05, 0) is 69.2 Å². The van der Waals surface area contributed by atoms with E-state index < -0.39 is 0 Å². The van der Waals surface area contributed by atoms with Crippen LogP contribution in [0.5, 0.6) is 0 Å². The third kappa shape index (κ3) is 5.55. The largest absolute Gasteiger partial charge is 0.358 e. The van der Waals surface area contributed by atoms with Crippen LogP contribution in [0.3, 0.4) is 0 Å². The highest BCUT2D eigenvalue weighted by molar-refractivity contribution is 6.35. The van der Waals surface area contributed by atoms with Crippen LogP contribution in [0.1, 0.15) is 54.0 Å². The highest BCUT2D eigenvalue weighted by Crippen LogP contribution is 2.37. The minimum atomic E-state index is -0.162. The van der Waals surface area contributed by atoms with Crippen LogP contribution in [0.2, 0.25) is 5.02 Å². The van der Waals surface area contributed by atoms with Crippen LogP contribution >= 0.6 is 11.6 Å². The van der Waals surface area contributed by atoms with Crippen LogP contribution < -0.4 is 10.6 Å². The van der Waals surface area contributed by atoms with Crippen molar-refractivity contribution in [2.24, 2.45) is 0 Å². The standard InChI is InChI=1S/C29H33ClN4O2/c1-4-34(5-2)17-9-8-16-31-29(36)26-19(3)32-25(27(26)20-12-14-21(30)15-13-20)18-23-22-10-6-7-11-24(22)33-28(23)35/h6-7,10-15,18,32H,4-5,8-9,16-17H2,1-3H3,(H,31,36)(H,33,35)/b23-18-. The minimum absolute atomic E-state index is 0.127. The molecule has 1 aromatic heterocycles. The van der Waals surface area contributed by atoms with Crippen LogP contribution in [0, 0.1) is 6.92 Å². The Hall–Kier alpha value is -3.35. The van der Waals surface area contributed by atoms with E-state index in [0.717, 1.165) is 60.5 Å². The van der Waals surface area contributed by atoms with Crippen molar-refractivity contribution in [3.05, 3.63) is 76.1 Å². The number of nitrogens with one attached hydrogen (secondary N) is 3. The lowest BCUT2D eigenvalue weighted by Crippen LogP contribution is -2.27. The maximum absolute atomic E-state index is 13.4. The van der Waals surface area contributed by atoms with Crippen molar-refractivity contribution in [2.75, 3.05) is 31.5 Å². The number of carbonyl (C=O) groups is 2. The molecule has 0 bridgehead atoms. The number of amides is 2. The Morgan fingerprint density at radius 1 is 1.06 bits per heavy atom. The van der Waals surface area contributed by atoms with Crippen molar-refractivity contribution < 1.29 is 9.59 Å². The monoisotopic (exact) mass is 504 g/mol. The van der Waals surface area contributed by atoms with Crippen LogP contribution in [0.15, 0.2) is 48.5 Å². The molecule has 0 saturated heterocycles. The van der Waals surface area contributed by atoms with Gasteiger partial charge in [-0.25, -0.2) is 0 Å². The van der Waals surface area contributed by atoms with Gasteiger partial charge in [0.2, 0.25) is 0 Å². The number of benzene rings is 2. The molecular formula is C29H33ClN4O2.